The molecule has 2 aliphatic rings. The number of carbonyl (C=O) groups is 1. The lowest BCUT2D eigenvalue weighted by Crippen LogP contribution is -2.40. The summed E-state index contributed by atoms with van der Waals surface area (Å²) in [5, 5.41) is 0. The molecule has 336 valence electrons. The van der Waals surface area contributed by atoms with Gasteiger partial charge in [-0.2, -0.15) is 34.9 Å². The van der Waals surface area contributed by atoms with Crippen LogP contribution in [-0.2, 0) is 65.2 Å². The summed E-state index contributed by atoms with van der Waals surface area (Å²) in [6.07, 6.45) is 7.17. The number of hydrogen-bond acceptors (Lipinski definition) is 12. The number of hydrogen-bond donors (Lipinski definition) is 2. The molecule has 6 aromatic rings. The molecule has 0 saturated carbocycles. The van der Waals surface area contributed by atoms with Crippen molar-refractivity contribution in [1.29, 1.82) is 0 Å². The Bertz CT molecular complexity index is 2870. The van der Waals surface area contributed by atoms with Crippen LogP contribution >= 0.6 is 0 Å². The molecule has 2 N–H and O–H groups in total. The Hall–Kier alpha value is -5.81. The van der Waals surface area contributed by atoms with E-state index in [-0.39, 0.29) is 32.8 Å². The van der Waals surface area contributed by atoms with E-state index in [1.807, 2.05) is 110 Å². The molecule has 4 aromatic heterocycles. The zero-order valence-electron chi connectivity index (χ0n) is 35.8. The Balaban J connectivity index is 0.000000189. The van der Waals surface area contributed by atoms with E-state index in [0.29, 0.717) is 4.31 Å². The molecule has 0 bridgehead atoms. The molecular weight excluding hydrogens is 859 g/mol. The predicted octanol–water partition coefficient (Wildman–Crippen LogP) is 5.06. The van der Waals surface area contributed by atoms with Crippen LogP contribution in [0.1, 0.15) is 42.5 Å². The number of nitrogens with zero attached hydrogens (tertiary/aromatic N) is 10. The van der Waals surface area contributed by atoms with Crippen molar-refractivity contribution in [3.8, 4) is 0 Å². The van der Waals surface area contributed by atoms with Crippen LogP contribution in [0.2, 0.25) is 0 Å². The van der Waals surface area contributed by atoms with Crippen molar-refractivity contribution in [2.45, 2.75) is 52.1 Å². The van der Waals surface area contributed by atoms with Crippen LogP contribution in [0.25, 0.3) is 22.1 Å². The SMILES string of the molecule is CCc1cc(CNS(=O)(=O)N2CCC(F)(F)C2)ccc1N(C)c1cc2c(cn1)ncn2C.CCc1cc(CNS(=O)(=O)N2CCOC2=O)ccc1N(C)c1cc2c(cn1)ncn2C. The maximum atomic E-state index is 13.4. The Morgan fingerprint density at radius 3 is 1.65 bits per heavy atom. The van der Waals surface area contributed by atoms with Crippen LogP contribution in [-0.4, -0.2) is 107 Å². The summed E-state index contributed by atoms with van der Waals surface area (Å²) >= 11 is 0. The third-order valence-corrected chi connectivity index (χ3v) is 14.0. The molecule has 1 amide bonds. The summed E-state index contributed by atoms with van der Waals surface area (Å²) in [6, 6.07) is 15.4. The molecule has 18 nitrogen and oxygen atoms in total. The third kappa shape index (κ3) is 9.89. The number of fused-ring (bicyclic) bond motifs is 2. The number of nitrogens with one attached hydrogen (secondary N) is 2. The van der Waals surface area contributed by atoms with Crippen LogP contribution in [0.15, 0.2) is 73.6 Å². The number of cyclic esters (lactones) is 1. The van der Waals surface area contributed by atoms with Gasteiger partial charge in [0.1, 0.15) is 29.3 Å². The van der Waals surface area contributed by atoms with Crippen molar-refractivity contribution >= 4 is 71.6 Å². The summed E-state index contributed by atoms with van der Waals surface area (Å²) in [4.78, 5) is 33.1. The molecular formula is C41H50F2N12O6S2. The molecule has 0 aliphatic carbocycles. The smallest absolute Gasteiger partial charge is 0.424 e. The number of anilines is 4. The first-order chi connectivity index (χ1) is 29.9. The highest BCUT2D eigenvalue weighted by Crippen LogP contribution is 2.32. The number of carbonyl (C=O) groups excluding carboxylic acids is 1. The van der Waals surface area contributed by atoms with Crippen molar-refractivity contribution in [3.63, 3.8) is 0 Å². The van der Waals surface area contributed by atoms with Crippen LogP contribution < -0.4 is 19.2 Å². The Morgan fingerprint density at radius 2 is 1.22 bits per heavy atom. The van der Waals surface area contributed by atoms with Crippen molar-refractivity contribution < 1.29 is 35.1 Å². The Labute approximate surface area is 364 Å². The van der Waals surface area contributed by atoms with Gasteiger partial charge in [-0.15, -0.1) is 0 Å². The van der Waals surface area contributed by atoms with Crippen molar-refractivity contribution in [3.05, 3.63) is 95.8 Å². The standard InChI is InChI=1S/C21H26F2N6O2S.C20H24N6O4S/c1-4-16-9-15(11-26-32(30,31)29-8-7-21(22,23)13-29)5-6-18(16)28(3)20-10-19-17(12-24-20)25-14-27(19)2;1-4-15-9-14(11-23-31(28,29)26-7-8-30-20(26)27)5-6-17(15)25(3)19-10-18-16(12-21-19)22-13-24(18)2/h5-6,9-10,12,14,26H,4,7-8,11,13H2,1-3H3;5-6,9-10,12-13,23H,4,7-8,11H2,1-3H3. The lowest BCUT2D eigenvalue weighted by atomic mass is 10.1. The summed E-state index contributed by atoms with van der Waals surface area (Å²) in [5.41, 5.74) is 9.15. The zero-order valence-corrected chi connectivity index (χ0v) is 37.4. The van der Waals surface area contributed by atoms with Gasteiger partial charge in [0.05, 0.1) is 49.2 Å². The van der Waals surface area contributed by atoms with Gasteiger partial charge in [0.15, 0.2) is 0 Å². The minimum Gasteiger partial charge on any atom is -0.447 e. The second kappa shape index (κ2) is 18.1. The van der Waals surface area contributed by atoms with E-state index in [0.717, 1.165) is 84.5 Å². The monoisotopic (exact) mass is 908 g/mol. The number of pyridine rings is 2. The van der Waals surface area contributed by atoms with E-state index >= 15 is 0 Å². The lowest BCUT2D eigenvalue weighted by Gasteiger charge is -2.22. The first-order valence-corrected chi connectivity index (χ1v) is 23.1. The van der Waals surface area contributed by atoms with Gasteiger partial charge in [-0.3, -0.25) is 0 Å². The average molecular weight is 909 g/mol. The highest BCUT2D eigenvalue weighted by molar-refractivity contribution is 7.87. The van der Waals surface area contributed by atoms with E-state index in [1.54, 1.807) is 25.0 Å². The van der Waals surface area contributed by atoms with Gasteiger partial charge >= 0.3 is 16.3 Å². The number of rotatable bonds is 14. The fourth-order valence-electron chi connectivity index (χ4n) is 7.40. The summed E-state index contributed by atoms with van der Waals surface area (Å²) in [5.74, 6) is -1.42. The van der Waals surface area contributed by atoms with Gasteiger partial charge in [0.2, 0.25) is 0 Å². The molecule has 2 saturated heterocycles. The van der Waals surface area contributed by atoms with Crippen LogP contribution in [0, 0.1) is 0 Å². The van der Waals surface area contributed by atoms with E-state index in [1.165, 1.54) is 0 Å². The van der Waals surface area contributed by atoms with Crippen molar-refractivity contribution in [2.24, 2.45) is 14.1 Å². The van der Waals surface area contributed by atoms with E-state index in [9.17, 15) is 30.4 Å². The predicted molar refractivity (Wildman–Crippen MR) is 235 cm³/mol. The number of amides is 1. The molecule has 2 fully saturated rings. The highest BCUT2D eigenvalue weighted by atomic mass is 32.2. The first kappa shape index (κ1) is 45.2. The lowest BCUT2D eigenvalue weighted by molar-refractivity contribution is 0.0183. The molecule has 22 heteroatoms. The quantitative estimate of drug-likeness (QED) is 0.148. The second-order valence-electron chi connectivity index (χ2n) is 15.3. The van der Waals surface area contributed by atoms with Gasteiger partial charge < -0.3 is 23.7 Å². The summed E-state index contributed by atoms with van der Waals surface area (Å²) in [7, 11) is -0.163. The van der Waals surface area contributed by atoms with Gasteiger partial charge in [0, 0.05) is 77.8 Å². The summed E-state index contributed by atoms with van der Waals surface area (Å²) in [6.45, 7) is 3.29. The third-order valence-electron chi connectivity index (χ3n) is 11.1. The molecule has 63 heavy (non-hydrogen) atoms. The molecule has 0 spiro atoms. The Morgan fingerprint density at radius 1 is 0.730 bits per heavy atom. The zero-order chi connectivity index (χ0) is 45.3. The van der Waals surface area contributed by atoms with Crippen LogP contribution in [0.4, 0.5) is 36.6 Å². The number of halogens is 2. The number of aryl methyl sites for hydroxylation is 4. The normalized spacial score (nSPS) is 15.5. The molecule has 8 rings (SSSR count). The van der Waals surface area contributed by atoms with E-state index in [4.69, 9.17) is 4.74 Å². The number of benzene rings is 2. The fraction of sp³-hybridized carbons (Fsp3) is 0.390. The van der Waals surface area contributed by atoms with Crippen molar-refractivity contribution in [1.82, 2.24) is 47.1 Å². The largest absolute Gasteiger partial charge is 0.447 e. The van der Waals surface area contributed by atoms with Crippen LogP contribution in [0.5, 0.6) is 0 Å². The maximum absolute atomic E-state index is 13.4. The molecule has 0 unspecified atom stereocenters. The van der Waals surface area contributed by atoms with Gasteiger partial charge in [-0.25, -0.2) is 33.5 Å². The van der Waals surface area contributed by atoms with E-state index in [2.05, 4.69) is 29.4 Å². The molecule has 6 heterocycles. The Kier molecular flexibility index (Phi) is 13.0. The number of aromatic nitrogens is 6. The fourth-order valence-corrected chi connectivity index (χ4v) is 9.69. The first-order valence-electron chi connectivity index (χ1n) is 20.2. The molecule has 0 radical (unpaired) electrons. The average Bonchev–Trinajstić information content (AvgIpc) is 4.08. The van der Waals surface area contributed by atoms with Crippen LogP contribution in [0.3, 0.4) is 0 Å². The minimum absolute atomic E-state index is 0.0200. The summed E-state index contributed by atoms with van der Waals surface area (Å²) < 4.78 is 91.2. The minimum atomic E-state index is -3.96. The van der Waals surface area contributed by atoms with E-state index < -0.39 is 45.4 Å². The maximum Gasteiger partial charge on any atom is 0.424 e. The molecule has 2 aliphatic heterocycles. The molecule has 0 atom stereocenters. The second-order valence-corrected chi connectivity index (χ2v) is 18.7. The van der Waals surface area contributed by atoms with Crippen molar-refractivity contribution in [2.75, 3.05) is 50.1 Å². The van der Waals surface area contributed by atoms with Gasteiger partial charge in [-0.1, -0.05) is 38.1 Å². The number of alkyl halides is 2. The number of imidazole rings is 2. The number of ether oxygens (including phenoxy) is 1. The van der Waals surface area contributed by atoms with Gasteiger partial charge in [-0.05, 0) is 47.2 Å². The van der Waals surface area contributed by atoms with Gasteiger partial charge in [0.25, 0.3) is 16.1 Å². The topological polar surface area (TPSA) is 193 Å². The highest BCUT2D eigenvalue weighted by Gasteiger charge is 2.43. The molecule has 2 aromatic carbocycles.